The van der Waals surface area contributed by atoms with E-state index in [2.05, 4.69) is 10.6 Å². The highest BCUT2D eigenvalue weighted by Gasteiger charge is 2.16. The Bertz CT molecular complexity index is 735. The van der Waals surface area contributed by atoms with Gasteiger partial charge in [0.1, 0.15) is 0 Å². The maximum absolute atomic E-state index is 12.5. The summed E-state index contributed by atoms with van der Waals surface area (Å²) in [4.78, 5) is 24.9. The van der Waals surface area contributed by atoms with E-state index in [0.717, 1.165) is 18.4 Å². The van der Waals surface area contributed by atoms with Crippen LogP contribution < -0.4 is 10.6 Å². The fourth-order valence-electron chi connectivity index (χ4n) is 3.37. The Kier molecular flexibility index (Phi) is 6.42. The highest BCUT2D eigenvalue weighted by Crippen LogP contribution is 2.18. The molecule has 0 saturated heterocycles. The number of benzene rings is 2. The predicted molar refractivity (Wildman–Crippen MR) is 103 cm³/mol. The van der Waals surface area contributed by atoms with Gasteiger partial charge in [0, 0.05) is 23.7 Å². The van der Waals surface area contributed by atoms with Crippen molar-refractivity contribution in [1.29, 1.82) is 0 Å². The van der Waals surface area contributed by atoms with Crippen molar-refractivity contribution in [2.45, 2.75) is 51.1 Å². The fraction of sp³-hybridized carbons (Fsp3) is 0.364. The smallest absolute Gasteiger partial charge is 0.251 e. The van der Waals surface area contributed by atoms with Crippen LogP contribution in [0.15, 0.2) is 54.6 Å². The van der Waals surface area contributed by atoms with Crippen LogP contribution in [0, 0.1) is 0 Å². The Morgan fingerprint density at radius 1 is 0.808 bits per heavy atom. The number of hydrogen-bond donors (Lipinski definition) is 2. The molecule has 0 atom stereocenters. The average molecular weight is 350 g/mol. The highest BCUT2D eigenvalue weighted by molar-refractivity contribution is 5.99. The molecule has 0 spiro atoms. The number of nitrogens with one attached hydrogen (secondary N) is 2. The van der Waals surface area contributed by atoms with Crippen LogP contribution in [-0.2, 0) is 6.54 Å². The van der Waals surface area contributed by atoms with Gasteiger partial charge in [-0.05, 0) is 36.6 Å². The SMILES string of the molecule is O=C(NCc1ccccc1)c1cccc(C(=O)NC2CCCCCC2)c1. The molecule has 2 amide bonds. The van der Waals surface area contributed by atoms with Crippen LogP contribution >= 0.6 is 0 Å². The molecule has 0 radical (unpaired) electrons. The molecule has 0 bridgehead atoms. The first-order valence-electron chi connectivity index (χ1n) is 9.45. The summed E-state index contributed by atoms with van der Waals surface area (Å²) in [5, 5.41) is 6.03. The van der Waals surface area contributed by atoms with E-state index in [1.165, 1.54) is 25.7 Å². The number of hydrogen-bond acceptors (Lipinski definition) is 2. The molecule has 1 aliphatic rings. The zero-order valence-electron chi connectivity index (χ0n) is 15.0. The van der Waals surface area contributed by atoms with Crippen molar-refractivity contribution in [3.63, 3.8) is 0 Å². The van der Waals surface area contributed by atoms with Crippen LogP contribution in [-0.4, -0.2) is 17.9 Å². The van der Waals surface area contributed by atoms with Gasteiger partial charge < -0.3 is 10.6 Å². The molecule has 3 rings (SSSR count). The molecular weight excluding hydrogens is 324 g/mol. The van der Waals surface area contributed by atoms with Gasteiger partial charge >= 0.3 is 0 Å². The molecular formula is C22H26N2O2. The van der Waals surface area contributed by atoms with E-state index in [1.54, 1.807) is 24.3 Å². The molecule has 0 unspecified atom stereocenters. The average Bonchev–Trinajstić information content (AvgIpc) is 2.95. The largest absolute Gasteiger partial charge is 0.349 e. The van der Waals surface area contributed by atoms with E-state index in [9.17, 15) is 9.59 Å². The minimum absolute atomic E-state index is 0.0883. The Hall–Kier alpha value is -2.62. The summed E-state index contributed by atoms with van der Waals surface area (Å²) < 4.78 is 0. The zero-order valence-corrected chi connectivity index (χ0v) is 15.0. The lowest BCUT2D eigenvalue weighted by Gasteiger charge is -2.16. The van der Waals surface area contributed by atoms with E-state index in [0.29, 0.717) is 17.7 Å². The molecule has 1 aliphatic carbocycles. The maximum Gasteiger partial charge on any atom is 0.251 e. The Labute approximate surface area is 155 Å². The zero-order chi connectivity index (χ0) is 18.2. The summed E-state index contributed by atoms with van der Waals surface area (Å²) in [5.41, 5.74) is 2.10. The van der Waals surface area contributed by atoms with Gasteiger partial charge in [-0.2, -0.15) is 0 Å². The van der Waals surface area contributed by atoms with Gasteiger partial charge in [-0.25, -0.2) is 0 Å². The standard InChI is InChI=1S/C22H26N2O2/c25-21(23-16-17-9-4-3-5-10-17)18-11-8-12-19(15-18)22(26)24-20-13-6-1-2-7-14-20/h3-5,8-12,15,20H,1-2,6-7,13-14,16H2,(H,23,25)(H,24,26). The number of carbonyl (C=O) groups is 2. The van der Waals surface area contributed by atoms with Crippen LogP contribution in [0.2, 0.25) is 0 Å². The molecule has 4 heteroatoms. The van der Waals surface area contributed by atoms with Crippen LogP contribution in [0.1, 0.15) is 64.8 Å². The lowest BCUT2D eigenvalue weighted by Crippen LogP contribution is -2.34. The minimum atomic E-state index is -0.169. The van der Waals surface area contributed by atoms with E-state index < -0.39 is 0 Å². The molecule has 2 aromatic carbocycles. The first-order chi connectivity index (χ1) is 12.7. The number of carbonyl (C=O) groups excluding carboxylic acids is 2. The molecule has 26 heavy (non-hydrogen) atoms. The second-order valence-electron chi connectivity index (χ2n) is 6.91. The highest BCUT2D eigenvalue weighted by atomic mass is 16.2. The van der Waals surface area contributed by atoms with Gasteiger partial charge in [0.25, 0.3) is 11.8 Å². The summed E-state index contributed by atoms with van der Waals surface area (Å²) >= 11 is 0. The van der Waals surface area contributed by atoms with E-state index >= 15 is 0 Å². The van der Waals surface area contributed by atoms with Crippen LogP contribution in [0.4, 0.5) is 0 Å². The van der Waals surface area contributed by atoms with Crippen molar-refractivity contribution in [2.75, 3.05) is 0 Å². The molecule has 2 N–H and O–H groups in total. The lowest BCUT2D eigenvalue weighted by atomic mass is 10.1. The van der Waals surface area contributed by atoms with E-state index in [4.69, 9.17) is 0 Å². The Balaban J connectivity index is 1.59. The topological polar surface area (TPSA) is 58.2 Å². The Morgan fingerprint density at radius 2 is 1.46 bits per heavy atom. The van der Waals surface area contributed by atoms with Gasteiger partial charge in [0.15, 0.2) is 0 Å². The molecule has 2 aromatic rings. The van der Waals surface area contributed by atoms with Gasteiger partial charge in [-0.15, -0.1) is 0 Å². The molecule has 4 nitrogen and oxygen atoms in total. The van der Waals surface area contributed by atoms with Crippen molar-refractivity contribution in [3.8, 4) is 0 Å². The number of rotatable bonds is 5. The first-order valence-corrected chi connectivity index (χ1v) is 9.45. The molecule has 0 aromatic heterocycles. The van der Waals surface area contributed by atoms with Crippen molar-refractivity contribution in [3.05, 3.63) is 71.3 Å². The van der Waals surface area contributed by atoms with Crippen molar-refractivity contribution >= 4 is 11.8 Å². The third kappa shape index (κ3) is 5.19. The van der Waals surface area contributed by atoms with Crippen LogP contribution in [0.5, 0.6) is 0 Å². The van der Waals surface area contributed by atoms with Crippen molar-refractivity contribution in [2.24, 2.45) is 0 Å². The van der Waals surface area contributed by atoms with Crippen LogP contribution in [0.25, 0.3) is 0 Å². The lowest BCUT2D eigenvalue weighted by molar-refractivity contribution is 0.0933. The van der Waals surface area contributed by atoms with Gasteiger partial charge in [-0.1, -0.05) is 62.1 Å². The quantitative estimate of drug-likeness (QED) is 0.799. The summed E-state index contributed by atoms with van der Waals surface area (Å²) in [6.07, 6.45) is 6.94. The molecule has 1 fully saturated rings. The molecule has 136 valence electrons. The monoisotopic (exact) mass is 350 g/mol. The predicted octanol–water partition coefficient (Wildman–Crippen LogP) is 4.07. The molecule has 0 heterocycles. The summed E-state index contributed by atoms with van der Waals surface area (Å²) in [6.45, 7) is 0.470. The van der Waals surface area contributed by atoms with E-state index in [1.807, 2.05) is 30.3 Å². The van der Waals surface area contributed by atoms with Crippen molar-refractivity contribution < 1.29 is 9.59 Å². The Morgan fingerprint density at radius 3 is 2.15 bits per heavy atom. The van der Waals surface area contributed by atoms with Crippen LogP contribution in [0.3, 0.4) is 0 Å². The summed E-state index contributed by atoms with van der Waals surface area (Å²) in [6, 6.07) is 17.0. The van der Waals surface area contributed by atoms with Gasteiger partial charge in [0.2, 0.25) is 0 Å². The molecule has 0 aliphatic heterocycles. The fourth-order valence-corrected chi connectivity index (χ4v) is 3.37. The van der Waals surface area contributed by atoms with E-state index in [-0.39, 0.29) is 17.9 Å². The first kappa shape index (κ1) is 18.2. The minimum Gasteiger partial charge on any atom is -0.349 e. The number of amides is 2. The molecule has 1 saturated carbocycles. The summed E-state index contributed by atoms with van der Waals surface area (Å²) in [7, 11) is 0. The maximum atomic E-state index is 12.5. The van der Waals surface area contributed by atoms with Crippen molar-refractivity contribution in [1.82, 2.24) is 10.6 Å². The second kappa shape index (κ2) is 9.18. The van der Waals surface area contributed by atoms with Gasteiger partial charge in [0.05, 0.1) is 0 Å². The van der Waals surface area contributed by atoms with Gasteiger partial charge in [-0.3, -0.25) is 9.59 Å². The third-order valence-electron chi connectivity index (χ3n) is 4.87. The third-order valence-corrected chi connectivity index (χ3v) is 4.87. The summed E-state index contributed by atoms with van der Waals surface area (Å²) in [5.74, 6) is -0.257. The second-order valence-corrected chi connectivity index (χ2v) is 6.91. The normalized spacial score (nSPS) is 15.1.